The molecule has 0 radical (unpaired) electrons. The largest absolute Gasteiger partial charge is 0.368 e. The zero-order chi connectivity index (χ0) is 18.1. The van der Waals surface area contributed by atoms with Crippen molar-refractivity contribution in [1.29, 1.82) is 0 Å². The quantitative estimate of drug-likeness (QED) is 0.708. The van der Waals surface area contributed by atoms with Crippen molar-refractivity contribution in [2.45, 2.75) is 6.92 Å². The van der Waals surface area contributed by atoms with E-state index in [9.17, 15) is 4.79 Å². The minimum absolute atomic E-state index is 0.100. The van der Waals surface area contributed by atoms with E-state index in [-0.39, 0.29) is 11.5 Å². The van der Waals surface area contributed by atoms with Crippen LogP contribution in [0.25, 0.3) is 22.6 Å². The molecule has 0 unspecified atom stereocenters. The van der Waals surface area contributed by atoms with Crippen LogP contribution in [0.1, 0.15) is 15.9 Å². The number of carbonyl (C=O) groups excluding carboxylic acids is 1. The predicted octanol–water partition coefficient (Wildman–Crippen LogP) is 2.69. The second kappa shape index (κ2) is 6.30. The molecule has 0 saturated carbocycles. The van der Waals surface area contributed by atoms with E-state index in [1.807, 2.05) is 13.0 Å². The van der Waals surface area contributed by atoms with Gasteiger partial charge in [0.25, 0.3) is 5.91 Å². The van der Waals surface area contributed by atoms with E-state index in [0.717, 1.165) is 5.56 Å². The molecule has 0 aliphatic carbocycles. The standard InChI is InChI=1S/C18H14ClN5O/c1-3-24-15(14-6-7-22-18(21)23-14)9-13(17(20)25)16(24)12-8-11(19)5-4-10(12)2/h1,4-9H,2H3,(H2,20,25)(H2,21,22,23). The molecule has 0 atom stereocenters. The fourth-order valence-corrected chi connectivity index (χ4v) is 2.82. The number of aromatic nitrogens is 3. The van der Waals surface area contributed by atoms with Crippen LogP contribution in [-0.2, 0) is 0 Å². The molecule has 2 heterocycles. The Labute approximate surface area is 149 Å². The van der Waals surface area contributed by atoms with Crippen LogP contribution in [0.15, 0.2) is 36.5 Å². The number of aryl methyl sites for hydroxylation is 1. The number of anilines is 1. The van der Waals surface area contributed by atoms with Crippen molar-refractivity contribution in [2.24, 2.45) is 5.73 Å². The maximum Gasteiger partial charge on any atom is 0.250 e. The normalized spacial score (nSPS) is 10.4. The molecule has 2 aromatic heterocycles. The van der Waals surface area contributed by atoms with Crippen molar-refractivity contribution in [3.05, 3.63) is 52.7 Å². The molecule has 6 nitrogen and oxygen atoms in total. The topological polar surface area (TPSA) is 99.8 Å². The predicted molar refractivity (Wildman–Crippen MR) is 97.8 cm³/mol. The first kappa shape index (κ1) is 16.6. The number of carbonyl (C=O) groups is 1. The molecule has 1 aromatic carbocycles. The van der Waals surface area contributed by atoms with Gasteiger partial charge in [0, 0.05) is 22.8 Å². The summed E-state index contributed by atoms with van der Waals surface area (Å²) in [6.07, 6.45) is 7.23. The van der Waals surface area contributed by atoms with Gasteiger partial charge in [0.1, 0.15) is 0 Å². The Morgan fingerprint density at radius 2 is 2.08 bits per heavy atom. The zero-order valence-electron chi connectivity index (χ0n) is 13.3. The smallest absolute Gasteiger partial charge is 0.250 e. The minimum atomic E-state index is -0.605. The second-order valence-electron chi connectivity index (χ2n) is 5.38. The number of terminal acetylenes is 1. The third-order valence-electron chi connectivity index (χ3n) is 3.79. The Kier molecular flexibility index (Phi) is 4.17. The third kappa shape index (κ3) is 2.93. The van der Waals surface area contributed by atoms with Crippen molar-refractivity contribution in [1.82, 2.24) is 14.5 Å². The lowest BCUT2D eigenvalue weighted by Crippen LogP contribution is -2.12. The first-order valence-electron chi connectivity index (χ1n) is 7.30. The SMILES string of the molecule is C#Cn1c(-c2ccnc(N)n2)cc(C(N)=O)c1-c1cc(Cl)ccc1C. The van der Waals surface area contributed by atoms with Gasteiger partial charge in [-0.2, -0.15) is 0 Å². The van der Waals surface area contributed by atoms with E-state index >= 15 is 0 Å². The van der Waals surface area contributed by atoms with E-state index < -0.39 is 5.91 Å². The molecule has 4 N–H and O–H groups in total. The third-order valence-corrected chi connectivity index (χ3v) is 4.02. The first-order valence-corrected chi connectivity index (χ1v) is 7.67. The van der Waals surface area contributed by atoms with Gasteiger partial charge in [0.2, 0.25) is 5.95 Å². The van der Waals surface area contributed by atoms with Gasteiger partial charge in [-0.05, 0) is 36.8 Å². The molecular weight excluding hydrogens is 338 g/mol. The summed E-state index contributed by atoms with van der Waals surface area (Å²) in [5.74, 6) is -0.505. The molecule has 1 amide bonds. The highest BCUT2D eigenvalue weighted by atomic mass is 35.5. The molecule has 0 aliphatic rings. The number of nitrogens with zero attached hydrogens (tertiary/aromatic N) is 3. The van der Waals surface area contributed by atoms with E-state index in [1.165, 1.54) is 10.8 Å². The molecular formula is C18H14ClN5O. The lowest BCUT2D eigenvalue weighted by Gasteiger charge is -2.11. The highest BCUT2D eigenvalue weighted by Crippen LogP contribution is 2.34. The van der Waals surface area contributed by atoms with Gasteiger partial charge in [0.05, 0.1) is 22.6 Å². The van der Waals surface area contributed by atoms with Gasteiger partial charge in [-0.25, -0.2) is 9.97 Å². The number of hydrogen-bond donors (Lipinski definition) is 2. The number of hydrogen-bond acceptors (Lipinski definition) is 4. The van der Waals surface area contributed by atoms with Crippen molar-refractivity contribution in [2.75, 3.05) is 5.73 Å². The highest BCUT2D eigenvalue weighted by molar-refractivity contribution is 6.31. The van der Waals surface area contributed by atoms with E-state index in [1.54, 1.807) is 24.3 Å². The Morgan fingerprint density at radius 1 is 1.32 bits per heavy atom. The number of rotatable bonds is 3. The monoisotopic (exact) mass is 351 g/mol. The van der Waals surface area contributed by atoms with E-state index in [0.29, 0.717) is 27.7 Å². The summed E-state index contributed by atoms with van der Waals surface area (Å²) in [4.78, 5) is 20.1. The summed E-state index contributed by atoms with van der Waals surface area (Å²) in [7, 11) is 0. The van der Waals surface area contributed by atoms with Gasteiger partial charge in [-0.1, -0.05) is 24.1 Å². The molecule has 0 saturated heterocycles. The fourth-order valence-electron chi connectivity index (χ4n) is 2.65. The van der Waals surface area contributed by atoms with Gasteiger partial charge in [-0.15, -0.1) is 0 Å². The minimum Gasteiger partial charge on any atom is -0.368 e. The summed E-state index contributed by atoms with van der Waals surface area (Å²) in [5.41, 5.74) is 14.6. The lowest BCUT2D eigenvalue weighted by molar-refractivity contribution is 0.100. The van der Waals surface area contributed by atoms with Gasteiger partial charge in [-0.3, -0.25) is 9.36 Å². The maximum atomic E-state index is 12.0. The Morgan fingerprint density at radius 3 is 2.72 bits per heavy atom. The molecule has 0 bridgehead atoms. The highest BCUT2D eigenvalue weighted by Gasteiger charge is 2.22. The molecule has 3 aromatic rings. The number of benzene rings is 1. The molecule has 3 rings (SSSR count). The van der Waals surface area contributed by atoms with Gasteiger partial charge >= 0.3 is 0 Å². The molecule has 7 heteroatoms. The van der Waals surface area contributed by atoms with Crippen molar-refractivity contribution >= 4 is 23.5 Å². The van der Waals surface area contributed by atoms with Crippen LogP contribution in [0, 0.1) is 19.4 Å². The molecule has 0 spiro atoms. The molecule has 0 fully saturated rings. The van der Waals surface area contributed by atoms with Gasteiger partial charge in [0.15, 0.2) is 0 Å². The molecule has 124 valence electrons. The molecule has 0 aliphatic heterocycles. The van der Waals surface area contributed by atoms with Crippen molar-refractivity contribution in [3.63, 3.8) is 0 Å². The summed E-state index contributed by atoms with van der Waals surface area (Å²) < 4.78 is 1.51. The van der Waals surface area contributed by atoms with Crippen LogP contribution in [0.5, 0.6) is 0 Å². The van der Waals surface area contributed by atoms with Crippen LogP contribution in [-0.4, -0.2) is 20.4 Å². The van der Waals surface area contributed by atoms with Crippen molar-refractivity contribution < 1.29 is 4.79 Å². The number of primary amides is 1. The van der Waals surface area contributed by atoms with Gasteiger partial charge < -0.3 is 11.5 Å². The van der Waals surface area contributed by atoms with Crippen LogP contribution in [0.3, 0.4) is 0 Å². The average molecular weight is 352 g/mol. The first-order chi connectivity index (χ1) is 11.9. The summed E-state index contributed by atoms with van der Waals surface area (Å²) >= 11 is 6.12. The number of nitrogens with two attached hydrogens (primary N) is 2. The lowest BCUT2D eigenvalue weighted by atomic mass is 10.0. The summed E-state index contributed by atoms with van der Waals surface area (Å²) in [6.45, 7) is 1.90. The van der Waals surface area contributed by atoms with Crippen LogP contribution < -0.4 is 11.5 Å². The van der Waals surface area contributed by atoms with E-state index in [2.05, 4.69) is 16.0 Å². The fraction of sp³-hybridized carbons (Fsp3) is 0.0556. The number of nitrogen functional groups attached to an aromatic ring is 1. The van der Waals surface area contributed by atoms with Crippen LogP contribution in [0.2, 0.25) is 5.02 Å². The summed E-state index contributed by atoms with van der Waals surface area (Å²) in [6, 6.07) is 11.2. The van der Waals surface area contributed by atoms with E-state index in [4.69, 9.17) is 29.5 Å². The van der Waals surface area contributed by atoms with Crippen LogP contribution >= 0.6 is 11.6 Å². The maximum absolute atomic E-state index is 12.0. The Balaban J connectivity index is 2.37. The number of amides is 1. The number of halogens is 1. The Bertz CT molecular complexity index is 1030. The van der Waals surface area contributed by atoms with Crippen molar-refractivity contribution in [3.8, 4) is 35.1 Å². The molecule has 25 heavy (non-hydrogen) atoms. The van der Waals surface area contributed by atoms with Crippen LogP contribution in [0.4, 0.5) is 5.95 Å². The summed E-state index contributed by atoms with van der Waals surface area (Å²) in [5, 5.41) is 0.522. The Hall–Kier alpha value is -3.30. The zero-order valence-corrected chi connectivity index (χ0v) is 14.1. The average Bonchev–Trinajstić information content (AvgIpc) is 2.96. The second-order valence-corrected chi connectivity index (χ2v) is 5.82.